The van der Waals surface area contributed by atoms with Gasteiger partial charge in [0.05, 0.1) is 5.92 Å². The highest BCUT2D eigenvalue weighted by Gasteiger charge is 2.30. The van der Waals surface area contributed by atoms with Gasteiger partial charge in [-0.25, -0.2) is 0 Å². The quantitative estimate of drug-likeness (QED) is 0.903. The van der Waals surface area contributed by atoms with Gasteiger partial charge < -0.3 is 14.4 Å². The molecular weight excluding hydrogens is 308 g/mol. The summed E-state index contributed by atoms with van der Waals surface area (Å²) in [4.78, 5) is 34.0. The zero-order chi connectivity index (χ0) is 16.7. The highest BCUT2D eigenvalue weighted by molar-refractivity contribution is 5.94. The van der Waals surface area contributed by atoms with E-state index in [1.165, 1.54) is 0 Å². The second kappa shape index (κ2) is 5.89. The van der Waals surface area contributed by atoms with Crippen LogP contribution in [-0.4, -0.2) is 39.0 Å². The van der Waals surface area contributed by atoms with Gasteiger partial charge in [-0.3, -0.25) is 9.59 Å². The largest absolute Gasteiger partial charge is 0.339 e. The molecule has 1 atom stereocenters. The molecule has 1 saturated heterocycles. The molecule has 0 radical (unpaired) electrons. The van der Waals surface area contributed by atoms with Crippen molar-refractivity contribution >= 4 is 5.91 Å². The fraction of sp³-hybridized carbons (Fsp3) is 0.529. The zero-order valence-corrected chi connectivity index (χ0v) is 13.7. The predicted molar refractivity (Wildman–Crippen MR) is 86.0 cm³/mol. The Morgan fingerprint density at radius 1 is 1.38 bits per heavy atom. The molecule has 3 heterocycles. The SMILES string of the molecule is Cc1noc(C2CCCN(C(=O)c3cc4c([nH]c3=O)CCC4)C2)n1. The van der Waals surface area contributed by atoms with Crippen LogP contribution in [0.5, 0.6) is 0 Å². The molecule has 0 saturated carbocycles. The lowest BCUT2D eigenvalue weighted by molar-refractivity contribution is 0.0693. The van der Waals surface area contributed by atoms with Crippen LogP contribution in [0.25, 0.3) is 0 Å². The van der Waals surface area contributed by atoms with Crippen molar-refractivity contribution in [3.05, 3.63) is 45.0 Å². The van der Waals surface area contributed by atoms with Crippen LogP contribution in [0.1, 0.15) is 58.5 Å². The molecule has 1 fully saturated rings. The van der Waals surface area contributed by atoms with Gasteiger partial charge in [-0.1, -0.05) is 5.16 Å². The number of carbonyl (C=O) groups excluding carboxylic acids is 1. The number of aromatic nitrogens is 3. The molecule has 2 aromatic rings. The molecule has 4 rings (SSSR count). The second-order valence-corrected chi connectivity index (χ2v) is 6.64. The third-order valence-electron chi connectivity index (χ3n) is 4.92. The minimum atomic E-state index is -0.281. The van der Waals surface area contributed by atoms with Crippen molar-refractivity contribution in [2.24, 2.45) is 0 Å². The average Bonchev–Trinajstić information content (AvgIpc) is 3.22. The van der Waals surface area contributed by atoms with E-state index < -0.39 is 0 Å². The predicted octanol–water partition coefficient (Wildman–Crippen LogP) is 1.57. The van der Waals surface area contributed by atoms with Gasteiger partial charge in [0, 0.05) is 18.8 Å². The molecule has 0 aromatic carbocycles. The third kappa shape index (κ3) is 2.64. The Kier molecular flexibility index (Phi) is 3.70. The second-order valence-electron chi connectivity index (χ2n) is 6.64. The van der Waals surface area contributed by atoms with Crippen molar-refractivity contribution in [1.29, 1.82) is 0 Å². The fourth-order valence-electron chi connectivity index (χ4n) is 3.68. The summed E-state index contributed by atoms with van der Waals surface area (Å²) in [5.74, 6) is 1.01. The maximum Gasteiger partial charge on any atom is 0.261 e. The summed E-state index contributed by atoms with van der Waals surface area (Å²) in [7, 11) is 0. The Morgan fingerprint density at radius 2 is 2.25 bits per heavy atom. The molecular formula is C17H20N4O3. The van der Waals surface area contributed by atoms with Gasteiger partial charge in [-0.05, 0) is 50.7 Å². The lowest BCUT2D eigenvalue weighted by atomic mass is 9.97. The van der Waals surface area contributed by atoms with E-state index in [1.807, 2.05) is 0 Å². The summed E-state index contributed by atoms with van der Waals surface area (Å²) in [6.07, 6.45) is 4.62. The van der Waals surface area contributed by atoms with Crippen molar-refractivity contribution in [3.8, 4) is 0 Å². The van der Waals surface area contributed by atoms with Crippen LogP contribution in [0.2, 0.25) is 0 Å². The Balaban J connectivity index is 1.57. The van der Waals surface area contributed by atoms with Crippen molar-refractivity contribution in [1.82, 2.24) is 20.0 Å². The van der Waals surface area contributed by atoms with E-state index in [4.69, 9.17) is 4.52 Å². The highest BCUT2D eigenvalue weighted by atomic mass is 16.5. The topological polar surface area (TPSA) is 92.1 Å². The number of amides is 1. The molecule has 0 bridgehead atoms. The molecule has 7 heteroatoms. The van der Waals surface area contributed by atoms with Gasteiger partial charge in [-0.2, -0.15) is 4.98 Å². The third-order valence-corrected chi connectivity index (χ3v) is 4.92. The number of nitrogens with zero attached hydrogens (tertiary/aromatic N) is 3. The molecule has 2 aromatic heterocycles. The fourth-order valence-corrected chi connectivity index (χ4v) is 3.68. The van der Waals surface area contributed by atoms with Crippen LogP contribution in [0.3, 0.4) is 0 Å². The minimum Gasteiger partial charge on any atom is -0.339 e. The Hall–Kier alpha value is -2.44. The lowest BCUT2D eigenvalue weighted by Gasteiger charge is -2.31. The van der Waals surface area contributed by atoms with E-state index in [0.717, 1.165) is 43.4 Å². The molecule has 0 spiro atoms. The van der Waals surface area contributed by atoms with Crippen molar-refractivity contribution in [2.75, 3.05) is 13.1 Å². The first-order valence-corrected chi connectivity index (χ1v) is 8.46. The number of nitrogens with one attached hydrogen (secondary N) is 1. The molecule has 1 aliphatic heterocycles. The first-order chi connectivity index (χ1) is 11.6. The van der Waals surface area contributed by atoms with E-state index in [-0.39, 0.29) is 22.9 Å². The average molecular weight is 328 g/mol. The van der Waals surface area contributed by atoms with Gasteiger partial charge in [0.1, 0.15) is 5.56 Å². The summed E-state index contributed by atoms with van der Waals surface area (Å²) in [6, 6.07) is 1.78. The number of piperidine rings is 1. The van der Waals surface area contributed by atoms with Gasteiger partial charge in [-0.15, -0.1) is 0 Å². The van der Waals surface area contributed by atoms with Crippen molar-refractivity contribution in [3.63, 3.8) is 0 Å². The van der Waals surface area contributed by atoms with Crippen LogP contribution in [0.4, 0.5) is 0 Å². The van der Waals surface area contributed by atoms with Gasteiger partial charge in [0.15, 0.2) is 5.82 Å². The molecule has 1 amide bonds. The zero-order valence-electron chi connectivity index (χ0n) is 13.7. The minimum absolute atomic E-state index is 0.0393. The van der Waals surface area contributed by atoms with Gasteiger partial charge in [0.2, 0.25) is 5.89 Å². The number of H-pyrrole nitrogens is 1. The van der Waals surface area contributed by atoms with E-state index in [9.17, 15) is 9.59 Å². The number of rotatable bonds is 2. The van der Waals surface area contributed by atoms with E-state index >= 15 is 0 Å². The van der Waals surface area contributed by atoms with Gasteiger partial charge >= 0.3 is 0 Å². The van der Waals surface area contributed by atoms with Crippen LogP contribution in [-0.2, 0) is 12.8 Å². The van der Waals surface area contributed by atoms with E-state index in [1.54, 1.807) is 17.9 Å². The Morgan fingerprint density at radius 3 is 3.04 bits per heavy atom. The summed E-state index contributed by atoms with van der Waals surface area (Å²) < 4.78 is 5.25. The summed E-state index contributed by atoms with van der Waals surface area (Å²) >= 11 is 0. The number of aromatic amines is 1. The molecule has 1 N–H and O–H groups in total. The number of hydrogen-bond donors (Lipinski definition) is 1. The molecule has 1 unspecified atom stereocenters. The molecule has 7 nitrogen and oxygen atoms in total. The lowest BCUT2D eigenvalue weighted by Crippen LogP contribution is -2.41. The number of fused-ring (bicyclic) bond motifs is 1. The number of hydrogen-bond acceptors (Lipinski definition) is 5. The van der Waals surface area contributed by atoms with E-state index in [2.05, 4.69) is 15.1 Å². The first-order valence-electron chi connectivity index (χ1n) is 8.46. The Bertz CT molecular complexity index is 839. The number of likely N-dealkylation sites (tertiary alicyclic amines) is 1. The van der Waals surface area contributed by atoms with Crippen molar-refractivity contribution < 1.29 is 9.32 Å². The maximum absolute atomic E-state index is 12.8. The van der Waals surface area contributed by atoms with Crippen molar-refractivity contribution in [2.45, 2.75) is 44.9 Å². The van der Waals surface area contributed by atoms with Crippen LogP contribution < -0.4 is 5.56 Å². The smallest absolute Gasteiger partial charge is 0.261 e. The number of pyridine rings is 1. The molecule has 24 heavy (non-hydrogen) atoms. The normalized spacial score (nSPS) is 20.2. The standard InChI is InChI=1S/C17H20N4O3/c1-10-18-16(24-20-10)12-5-3-7-21(9-12)17(23)13-8-11-4-2-6-14(11)19-15(13)22/h8,12H,2-7,9H2,1H3,(H,19,22). The first kappa shape index (κ1) is 15.1. The Labute approximate surface area is 139 Å². The maximum atomic E-state index is 12.8. The summed E-state index contributed by atoms with van der Waals surface area (Å²) in [5, 5.41) is 3.83. The van der Waals surface area contributed by atoms with Gasteiger partial charge in [0.25, 0.3) is 11.5 Å². The number of aryl methyl sites for hydroxylation is 3. The number of carbonyl (C=O) groups is 1. The monoisotopic (exact) mass is 328 g/mol. The molecule has 1 aliphatic carbocycles. The van der Waals surface area contributed by atoms with Crippen LogP contribution in [0, 0.1) is 6.92 Å². The van der Waals surface area contributed by atoms with E-state index in [0.29, 0.717) is 24.8 Å². The highest BCUT2D eigenvalue weighted by Crippen LogP contribution is 2.27. The van der Waals surface area contributed by atoms with Crippen LogP contribution in [0.15, 0.2) is 15.4 Å². The summed E-state index contributed by atoms with van der Waals surface area (Å²) in [5.41, 5.74) is 2.04. The molecule has 126 valence electrons. The summed E-state index contributed by atoms with van der Waals surface area (Å²) in [6.45, 7) is 2.94. The molecule has 2 aliphatic rings. The van der Waals surface area contributed by atoms with Crippen LogP contribution >= 0.6 is 0 Å².